The molecule has 0 radical (unpaired) electrons. The molecular formula is C14H10BrNO4S. The number of benzene rings is 2. The summed E-state index contributed by atoms with van der Waals surface area (Å²) in [5.74, 6) is -0.931. The lowest BCUT2D eigenvalue weighted by molar-refractivity contribution is -0.385. The Hall–Kier alpha value is -1.86. The molecule has 0 aliphatic heterocycles. The molecule has 0 atom stereocenters. The van der Waals surface area contributed by atoms with Crippen molar-refractivity contribution in [1.29, 1.82) is 0 Å². The molecule has 0 saturated heterocycles. The zero-order chi connectivity index (χ0) is 15.4. The first-order valence-electron chi connectivity index (χ1n) is 5.87. The van der Waals surface area contributed by atoms with E-state index in [1.165, 1.54) is 23.9 Å². The summed E-state index contributed by atoms with van der Waals surface area (Å²) in [7, 11) is 0. The molecule has 108 valence electrons. The Labute approximate surface area is 133 Å². The molecule has 0 spiro atoms. The molecule has 0 fully saturated rings. The summed E-state index contributed by atoms with van der Waals surface area (Å²) in [6, 6.07) is 11.9. The number of carboxylic acid groups (broad SMARTS) is 1. The fourth-order valence-electron chi connectivity index (χ4n) is 1.80. The highest BCUT2D eigenvalue weighted by molar-refractivity contribution is 9.10. The molecule has 0 aromatic heterocycles. The predicted octanol–water partition coefficient (Wildman–Crippen LogP) is 4.35. The summed E-state index contributed by atoms with van der Waals surface area (Å²) in [5, 5.41) is 20.1. The Kier molecular flexibility index (Phi) is 4.98. The van der Waals surface area contributed by atoms with Crippen LogP contribution >= 0.6 is 27.7 Å². The lowest BCUT2D eigenvalue weighted by Gasteiger charge is -2.06. The second-order valence-electron chi connectivity index (χ2n) is 4.12. The monoisotopic (exact) mass is 367 g/mol. The largest absolute Gasteiger partial charge is 0.477 e. The highest BCUT2D eigenvalue weighted by atomic mass is 79.9. The number of halogens is 1. The van der Waals surface area contributed by atoms with Gasteiger partial charge in [-0.1, -0.05) is 28.1 Å². The van der Waals surface area contributed by atoms with Gasteiger partial charge < -0.3 is 5.11 Å². The van der Waals surface area contributed by atoms with Crippen molar-refractivity contribution in [1.82, 2.24) is 0 Å². The average molecular weight is 368 g/mol. The Morgan fingerprint density at radius 3 is 2.48 bits per heavy atom. The summed E-state index contributed by atoms with van der Waals surface area (Å²) in [6.45, 7) is 0. The van der Waals surface area contributed by atoms with Crippen LogP contribution in [0.2, 0.25) is 0 Å². The van der Waals surface area contributed by atoms with Crippen LogP contribution in [0.25, 0.3) is 0 Å². The second kappa shape index (κ2) is 6.73. The molecule has 0 bridgehead atoms. The van der Waals surface area contributed by atoms with Crippen LogP contribution in [0.15, 0.2) is 51.8 Å². The van der Waals surface area contributed by atoms with Crippen LogP contribution in [0.4, 0.5) is 5.69 Å². The van der Waals surface area contributed by atoms with Gasteiger partial charge in [0, 0.05) is 21.2 Å². The quantitative estimate of drug-likeness (QED) is 0.482. The third kappa shape index (κ3) is 3.83. The van der Waals surface area contributed by atoms with Gasteiger partial charge in [-0.15, -0.1) is 11.8 Å². The Balaban J connectivity index is 2.27. The molecule has 5 nitrogen and oxygen atoms in total. The first-order valence-corrected chi connectivity index (χ1v) is 7.65. The maximum atomic E-state index is 11.3. The van der Waals surface area contributed by atoms with E-state index in [2.05, 4.69) is 15.9 Å². The number of hydrogen-bond donors (Lipinski definition) is 1. The van der Waals surface area contributed by atoms with E-state index in [1.54, 1.807) is 6.07 Å². The van der Waals surface area contributed by atoms with E-state index in [9.17, 15) is 20.0 Å². The van der Waals surface area contributed by atoms with Crippen molar-refractivity contribution in [3.05, 3.63) is 68.2 Å². The highest BCUT2D eigenvalue weighted by Gasteiger charge is 2.23. The molecule has 2 aromatic rings. The van der Waals surface area contributed by atoms with Crippen molar-refractivity contribution < 1.29 is 14.8 Å². The van der Waals surface area contributed by atoms with Crippen molar-refractivity contribution in [2.24, 2.45) is 0 Å². The minimum absolute atomic E-state index is 0.243. The summed E-state index contributed by atoms with van der Waals surface area (Å²) < 4.78 is 0.952. The molecule has 0 aliphatic rings. The standard InChI is InChI=1S/C14H10BrNO4S/c15-10-4-6-11(7-5-10)21-8-9-2-1-3-12(16(19)20)13(9)14(17)18/h1-7H,8H2,(H,17,18). The molecule has 2 aromatic carbocycles. The number of aromatic carboxylic acids is 1. The fraction of sp³-hybridized carbons (Fsp3) is 0.0714. The second-order valence-corrected chi connectivity index (χ2v) is 6.08. The number of carbonyl (C=O) groups is 1. The van der Waals surface area contributed by atoms with Gasteiger partial charge in [0.2, 0.25) is 0 Å². The van der Waals surface area contributed by atoms with E-state index >= 15 is 0 Å². The predicted molar refractivity (Wildman–Crippen MR) is 83.8 cm³/mol. The van der Waals surface area contributed by atoms with Crippen LogP contribution in [-0.4, -0.2) is 16.0 Å². The third-order valence-electron chi connectivity index (χ3n) is 2.75. The maximum absolute atomic E-state index is 11.3. The average Bonchev–Trinajstić information content (AvgIpc) is 2.46. The molecule has 2 rings (SSSR count). The van der Waals surface area contributed by atoms with Gasteiger partial charge in [0.15, 0.2) is 0 Å². The molecule has 21 heavy (non-hydrogen) atoms. The summed E-state index contributed by atoms with van der Waals surface area (Å²) in [6.07, 6.45) is 0. The Morgan fingerprint density at radius 2 is 1.90 bits per heavy atom. The van der Waals surface area contributed by atoms with Gasteiger partial charge >= 0.3 is 5.97 Å². The number of hydrogen-bond acceptors (Lipinski definition) is 4. The molecule has 7 heteroatoms. The normalized spacial score (nSPS) is 10.3. The summed E-state index contributed by atoms with van der Waals surface area (Å²) >= 11 is 4.76. The number of nitrogens with zero attached hydrogens (tertiary/aromatic N) is 1. The van der Waals surface area contributed by atoms with Crippen LogP contribution in [0.3, 0.4) is 0 Å². The smallest absolute Gasteiger partial charge is 0.343 e. The molecule has 1 N–H and O–H groups in total. The molecule has 0 heterocycles. The number of rotatable bonds is 5. The topological polar surface area (TPSA) is 80.4 Å². The molecule has 0 saturated carbocycles. The fourth-order valence-corrected chi connectivity index (χ4v) is 2.95. The van der Waals surface area contributed by atoms with Gasteiger partial charge in [-0.2, -0.15) is 0 Å². The molecule has 0 unspecified atom stereocenters. The van der Waals surface area contributed by atoms with Crippen molar-refractivity contribution in [2.45, 2.75) is 10.6 Å². The van der Waals surface area contributed by atoms with Crippen LogP contribution in [0, 0.1) is 10.1 Å². The third-order valence-corrected chi connectivity index (χ3v) is 4.34. The van der Waals surface area contributed by atoms with E-state index in [-0.39, 0.29) is 11.3 Å². The van der Waals surface area contributed by atoms with Crippen molar-refractivity contribution in [2.75, 3.05) is 0 Å². The summed E-state index contributed by atoms with van der Waals surface area (Å²) in [5.41, 5.74) is -0.187. The van der Waals surface area contributed by atoms with Crippen molar-refractivity contribution >= 4 is 39.3 Å². The van der Waals surface area contributed by atoms with Crippen molar-refractivity contribution in [3.63, 3.8) is 0 Å². The van der Waals surface area contributed by atoms with E-state index in [1.807, 2.05) is 24.3 Å². The lowest BCUT2D eigenvalue weighted by Crippen LogP contribution is -2.06. The Morgan fingerprint density at radius 1 is 1.24 bits per heavy atom. The van der Waals surface area contributed by atoms with Gasteiger partial charge in [0.1, 0.15) is 5.56 Å². The minimum atomic E-state index is -1.28. The van der Waals surface area contributed by atoms with Crippen LogP contribution in [0.1, 0.15) is 15.9 Å². The minimum Gasteiger partial charge on any atom is -0.477 e. The Bertz CT molecular complexity index is 688. The number of thioether (sulfide) groups is 1. The van der Waals surface area contributed by atoms with Gasteiger partial charge in [-0.3, -0.25) is 10.1 Å². The first kappa shape index (κ1) is 15.5. The van der Waals surface area contributed by atoms with Crippen molar-refractivity contribution in [3.8, 4) is 0 Å². The summed E-state index contributed by atoms with van der Waals surface area (Å²) in [4.78, 5) is 22.5. The first-order chi connectivity index (χ1) is 9.99. The van der Waals surface area contributed by atoms with Gasteiger partial charge in [0.05, 0.1) is 4.92 Å². The maximum Gasteiger partial charge on any atom is 0.343 e. The lowest BCUT2D eigenvalue weighted by atomic mass is 10.1. The van der Waals surface area contributed by atoms with E-state index < -0.39 is 10.9 Å². The van der Waals surface area contributed by atoms with E-state index in [4.69, 9.17) is 0 Å². The van der Waals surface area contributed by atoms with Crippen LogP contribution < -0.4 is 0 Å². The highest BCUT2D eigenvalue weighted by Crippen LogP contribution is 2.29. The molecule has 0 aliphatic carbocycles. The van der Waals surface area contributed by atoms with E-state index in [0.29, 0.717) is 11.3 Å². The van der Waals surface area contributed by atoms with Gasteiger partial charge in [-0.25, -0.2) is 4.79 Å². The molecule has 0 amide bonds. The molecular weight excluding hydrogens is 358 g/mol. The number of carboxylic acids is 1. The zero-order valence-corrected chi connectivity index (χ0v) is 13.1. The van der Waals surface area contributed by atoms with Crippen LogP contribution in [-0.2, 0) is 5.75 Å². The van der Waals surface area contributed by atoms with Gasteiger partial charge in [0.25, 0.3) is 5.69 Å². The van der Waals surface area contributed by atoms with Gasteiger partial charge in [-0.05, 0) is 29.8 Å². The number of nitro groups is 1. The number of nitro benzene ring substituents is 1. The van der Waals surface area contributed by atoms with E-state index in [0.717, 1.165) is 9.37 Å². The SMILES string of the molecule is O=C(O)c1c(CSc2ccc(Br)cc2)cccc1[N+](=O)[O-]. The van der Waals surface area contributed by atoms with Crippen LogP contribution in [0.5, 0.6) is 0 Å². The zero-order valence-electron chi connectivity index (χ0n) is 10.7.